The van der Waals surface area contributed by atoms with Crippen molar-refractivity contribution in [2.45, 2.75) is 52.5 Å². The molecule has 1 unspecified atom stereocenters. The van der Waals surface area contributed by atoms with Crippen LogP contribution in [0.15, 0.2) is 48.7 Å². The van der Waals surface area contributed by atoms with Gasteiger partial charge < -0.3 is 9.88 Å². The molecule has 1 atom stereocenters. The highest BCUT2D eigenvalue weighted by molar-refractivity contribution is 5.64. The SMILES string of the molecule is CC.CCCNCCC(c1cccc(F)c1)n1ccc2c1/C=C\CC/C=C\2. The molecule has 1 aromatic carbocycles. The topological polar surface area (TPSA) is 17.0 Å². The van der Waals surface area contributed by atoms with Gasteiger partial charge in [0.15, 0.2) is 0 Å². The van der Waals surface area contributed by atoms with E-state index in [4.69, 9.17) is 0 Å². The Kier molecular flexibility index (Phi) is 9.06. The van der Waals surface area contributed by atoms with Gasteiger partial charge in [0, 0.05) is 11.9 Å². The van der Waals surface area contributed by atoms with Crippen LogP contribution in [0.25, 0.3) is 12.2 Å². The Bertz CT molecular complexity index is 743. The summed E-state index contributed by atoms with van der Waals surface area (Å²) in [6.45, 7) is 8.10. The number of rotatable bonds is 7. The first-order valence-electron chi connectivity index (χ1n) is 10.3. The van der Waals surface area contributed by atoms with Gasteiger partial charge in [-0.25, -0.2) is 4.39 Å². The van der Waals surface area contributed by atoms with Crippen molar-refractivity contribution in [3.05, 3.63) is 71.3 Å². The summed E-state index contributed by atoms with van der Waals surface area (Å²) in [6.07, 6.45) is 15.2. The van der Waals surface area contributed by atoms with Gasteiger partial charge in [0.2, 0.25) is 0 Å². The van der Waals surface area contributed by atoms with Gasteiger partial charge in [0.1, 0.15) is 5.82 Å². The molecule has 27 heavy (non-hydrogen) atoms. The minimum absolute atomic E-state index is 0.126. The van der Waals surface area contributed by atoms with E-state index in [2.05, 4.69) is 53.4 Å². The molecule has 1 aliphatic rings. The molecular formula is C24H33FN2. The number of hydrogen-bond donors (Lipinski definition) is 1. The predicted octanol–water partition coefficient (Wildman–Crippen LogP) is 6.45. The molecule has 0 saturated carbocycles. The molecule has 1 N–H and O–H groups in total. The van der Waals surface area contributed by atoms with Crippen LogP contribution in [-0.4, -0.2) is 17.7 Å². The smallest absolute Gasteiger partial charge is 0.123 e. The Morgan fingerprint density at radius 2 is 1.85 bits per heavy atom. The lowest BCUT2D eigenvalue weighted by molar-refractivity contribution is 0.505. The van der Waals surface area contributed by atoms with E-state index in [1.807, 2.05) is 19.9 Å². The van der Waals surface area contributed by atoms with Crippen LogP contribution in [-0.2, 0) is 0 Å². The Balaban J connectivity index is 0.00000126. The van der Waals surface area contributed by atoms with Crippen molar-refractivity contribution in [2.75, 3.05) is 13.1 Å². The second kappa shape index (κ2) is 11.6. The first-order valence-corrected chi connectivity index (χ1v) is 10.3. The van der Waals surface area contributed by atoms with E-state index in [9.17, 15) is 4.39 Å². The molecule has 146 valence electrons. The van der Waals surface area contributed by atoms with Gasteiger partial charge in [-0.15, -0.1) is 0 Å². The second-order valence-electron chi connectivity index (χ2n) is 6.56. The zero-order valence-electron chi connectivity index (χ0n) is 16.9. The van der Waals surface area contributed by atoms with Crippen molar-refractivity contribution < 1.29 is 4.39 Å². The van der Waals surface area contributed by atoms with Gasteiger partial charge in [0.05, 0.1) is 6.04 Å². The Labute approximate surface area is 163 Å². The summed E-state index contributed by atoms with van der Waals surface area (Å²) < 4.78 is 16.1. The number of aromatic nitrogens is 1. The number of allylic oxidation sites excluding steroid dienone is 2. The molecule has 0 fully saturated rings. The summed E-state index contributed by atoms with van der Waals surface area (Å²) in [6, 6.07) is 9.30. The highest BCUT2D eigenvalue weighted by Gasteiger charge is 2.18. The third kappa shape index (κ3) is 5.93. The summed E-state index contributed by atoms with van der Waals surface area (Å²) in [5.74, 6) is -0.172. The van der Waals surface area contributed by atoms with E-state index in [0.717, 1.165) is 44.3 Å². The van der Waals surface area contributed by atoms with E-state index < -0.39 is 0 Å². The first-order chi connectivity index (χ1) is 13.3. The fourth-order valence-electron chi connectivity index (χ4n) is 3.39. The Morgan fingerprint density at radius 3 is 2.59 bits per heavy atom. The molecule has 0 radical (unpaired) electrons. The Morgan fingerprint density at radius 1 is 1.07 bits per heavy atom. The number of nitrogens with one attached hydrogen (secondary N) is 1. The minimum atomic E-state index is -0.172. The quantitative estimate of drug-likeness (QED) is 0.555. The molecule has 0 bridgehead atoms. The first kappa shape index (κ1) is 21.2. The number of hydrogen-bond acceptors (Lipinski definition) is 1. The summed E-state index contributed by atoms with van der Waals surface area (Å²) in [4.78, 5) is 0. The molecule has 0 amide bonds. The largest absolute Gasteiger partial charge is 0.340 e. The summed E-state index contributed by atoms with van der Waals surface area (Å²) >= 11 is 0. The van der Waals surface area contributed by atoms with E-state index in [-0.39, 0.29) is 11.9 Å². The van der Waals surface area contributed by atoms with Crippen LogP contribution < -0.4 is 5.32 Å². The zero-order chi connectivity index (χ0) is 19.5. The van der Waals surface area contributed by atoms with E-state index in [1.54, 1.807) is 12.1 Å². The number of benzene rings is 1. The van der Waals surface area contributed by atoms with Crippen LogP contribution in [0.5, 0.6) is 0 Å². The molecule has 1 heterocycles. The summed E-state index contributed by atoms with van der Waals surface area (Å²) in [7, 11) is 0. The number of fused-ring (bicyclic) bond motifs is 1. The fourth-order valence-corrected chi connectivity index (χ4v) is 3.39. The molecule has 0 aliphatic heterocycles. The van der Waals surface area contributed by atoms with Gasteiger partial charge in [-0.1, -0.05) is 51.1 Å². The van der Waals surface area contributed by atoms with Crippen molar-refractivity contribution in [1.82, 2.24) is 9.88 Å². The summed E-state index contributed by atoms with van der Waals surface area (Å²) in [5, 5.41) is 3.48. The monoisotopic (exact) mass is 368 g/mol. The maximum Gasteiger partial charge on any atom is 0.123 e. The van der Waals surface area contributed by atoms with Crippen molar-refractivity contribution >= 4 is 12.2 Å². The van der Waals surface area contributed by atoms with Crippen molar-refractivity contribution in [2.24, 2.45) is 0 Å². The molecule has 1 aromatic heterocycles. The second-order valence-corrected chi connectivity index (χ2v) is 6.56. The van der Waals surface area contributed by atoms with Crippen molar-refractivity contribution in [3.63, 3.8) is 0 Å². The van der Waals surface area contributed by atoms with Crippen LogP contribution in [0.4, 0.5) is 4.39 Å². The van der Waals surface area contributed by atoms with Crippen LogP contribution >= 0.6 is 0 Å². The van der Waals surface area contributed by atoms with Gasteiger partial charge >= 0.3 is 0 Å². The lowest BCUT2D eigenvalue weighted by Gasteiger charge is -2.22. The number of halogens is 1. The fraction of sp³-hybridized carbons (Fsp3) is 0.417. The third-order valence-electron chi connectivity index (χ3n) is 4.65. The lowest BCUT2D eigenvalue weighted by atomic mass is 10.0. The van der Waals surface area contributed by atoms with E-state index >= 15 is 0 Å². The van der Waals surface area contributed by atoms with Gasteiger partial charge in [-0.05, 0) is 74.2 Å². The highest BCUT2D eigenvalue weighted by Crippen LogP contribution is 2.29. The molecule has 0 saturated heterocycles. The van der Waals surface area contributed by atoms with Crippen molar-refractivity contribution in [1.29, 1.82) is 0 Å². The molecule has 3 rings (SSSR count). The van der Waals surface area contributed by atoms with Gasteiger partial charge in [0.25, 0.3) is 0 Å². The number of nitrogens with zero attached hydrogens (tertiary/aromatic N) is 1. The lowest BCUT2D eigenvalue weighted by Crippen LogP contribution is -2.21. The molecule has 3 heteroatoms. The molecule has 1 aliphatic carbocycles. The molecular weight excluding hydrogens is 335 g/mol. The van der Waals surface area contributed by atoms with Crippen LogP contribution in [0.3, 0.4) is 0 Å². The van der Waals surface area contributed by atoms with E-state index in [0.29, 0.717) is 0 Å². The maximum absolute atomic E-state index is 13.8. The van der Waals surface area contributed by atoms with E-state index in [1.165, 1.54) is 17.3 Å². The van der Waals surface area contributed by atoms with Crippen LogP contribution in [0, 0.1) is 5.82 Å². The van der Waals surface area contributed by atoms with Crippen molar-refractivity contribution in [3.8, 4) is 0 Å². The maximum atomic E-state index is 13.8. The minimum Gasteiger partial charge on any atom is -0.340 e. The molecule has 2 nitrogen and oxygen atoms in total. The molecule has 2 aromatic rings. The predicted molar refractivity (Wildman–Crippen MR) is 115 cm³/mol. The average Bonchev–Trinajstić information content (AvgIpc) is 3.04. The Hall–Kier alpha value is -2.13. The standard InChI is InChI=1S/C22H27FN2.C2H6/c1-2-14-24-15-12-22(19-9-7-10-20(23)17-19)25-16-13-18-8-5-3-4-6-11-21(18)25;1-2/h5-11,13,16-17,22,24H,2-4,12,14-15H2,1H3;1-2H3/b8-5-,11-6-;. The summed E-state index contributed by atoms with van der Waals surface area (Å²) in [5.41, 5.74) is 3.47. The average molecular weight is 369 g/mol. The normalized spacial score (nSPS) is 16.3. The van der Waals surface area contributed by atoms with Gasteiger partial charge in [-0.2, -0.15) is 0 Å². The molecule has 0 spiro atoms. The van der Waals surface area contributed by atoms with Crippen LogP contribution in [0.1, 0.15) is 69.3 Å². The third-order valence-corrected chi connectivity index (χ3v) is 4.65. The van der Waals surface area contributed by atoms with Gasteiger partial charge in [-0.3, -0.25) is 0 Å². The zero-order valence-corrected chi connectivity index (χ0v) is 16.9. The van der Waals surface area contributed by atoms with Crippen LogP contribution in [0.2, 0.25) is 0 Å². The highest BCUT2D eigenvalue weighted by atomic mass is 19.1.